The average molecular weight is 647 g/mol. The molecule has 4 aromatic rings. The van der Waals surface area contributed by atoms with Crippen molar-refractivity contribution in [3.63, 3.8) is 0 Å². The van der Waals surface area contributed by atoms with E-state index in [-0.39, 0.29) is 29.2 Å². The Bertz CT molecular complexity index is 1670. The Morgan fingerprint density at radius 1 is 0.979 bits per heavy atom. The zero-order valence-corrected chi connectivity index (χ0v) is 29.3. The number of rotatable bonds is 12. The molecule has 256 valence electrons. The summed E-state index contributed by atoms with van der Waals surface area (Å²) in [5.74, 6) is 0.123. The molecule has 0 unspecified atom stereocenters. The SMILES string of the molecule is CC(C)(C)c1cc2cn(-c3ccc(CNCCCN=C(N)N)cc3)c(=O)nc2[nH]1.Cc1c(CF)cc(CCCCN)cc1C(C)(C)C. The Morgan fingerprint density at radius 2 is 1.68 bits per heavy atom. The number of aromatic nitrogens is 3. The standard InChI is InChI=1S/C21H29N7O.C16H26FN/c1-21(2,3)17-11-15-13-28(20(29)27-18(15)26-17)16-7-5-14(6-8-16)12-24-9-4-10-25-19(22)23;1-12-14(11-17)9-13(7-5-6-8-18)10-15(12)16(2,3)4/h5-8,11,13,24H,4,9-10,12H2,1-3H3,(H4,22,23,25)(H,26,27,29);9-10H,5-8,11,18H2,1-4H3. The maximum atomic E-state index is 13.1. The van der Waals surface area contributed by atoms with Gasteiger partial charge in [0, 0.05) is 35.8 Å². The number of aromatic amines is 1. The van der Waals surface area contributed by atoms with Gasteiger partial charge >= 0.3 is 5.69 Å². The highest BCUT2D eigenvalue weighted by atomic mass is 19.1. The summed E-state index contributed by atoms with van der Waals surface area (Å²) in [6.07, 6.45) is 5.81. The van der Waals surface area contributed by atoms with Crippen molar-refractivity contribution in [2.45, 2.75) is 98.2 Å². The van der Waals surface area contributed by atoms with E-state index in [1.54, 1.807) is 4.57 Å². The van der Waals surface area contributed by atoms with Gasteiger partial charge in [-0.05, 0) is 97.1 Å². The number of nitrogens with zero attached hydrogens (tertiary/aromatic N) is 3. The lowest BCUT2D eigenvalue weighted by Crippen LogP contribution is -2.23. The molecule has 4 rings (SSSR count). The zero-order valence-electron chi connectivity index (χ0n) is 29.3. The summed E-state index contributed by atoms with van der Waals surface area (Å²) in [5.41, 5.74) is 23.9. The Hall–Kier alpha value is -4.02. The lowest BCUT2D eigenvalue weighted by Gasteiger charge is -2.24. The van der Waals surface area contributed by atoms with E-state index in [0.29, 0.717) is 12.2 Å². The molecule has 0 aliphatic carbocycles. The topological polar surface area (TPSA) is 153 Å². The van der Waals surface area contributed by atoms with E-state index < -0.39 is 0 Å². The molecule has 0 aliphatic rings. The Labute approximate surface area is 279 Å². The minimum absolute atomic E-state index is 0.0352. The third-order valence-corrected chi connectivity index (χ3v) is 8.11. The Balaban J connectivity index is 0.000000287. The van der Waals surface area contributed by atoms with E-state index in [9.17, 15) is 9.18 Å². The van der Waals surface area contributed by atoms with Crippen LogP contribution in [0, 0.1) is 6.92 Å². The third kappa shape index (κ3) is 11.0. The molecule has 0 atom stereocenters. The van der Waals surface area contributed by atoms with Crippen molar-refractivity contribution in [2.24, 2.45) is 22.2 Å². The number of alkyl halides is 1. The first-order valence-electron chi connectivity index (χ1n) is 16.5. The molecule has 0 saturated heterocycles. The number of unbranched alkanes of at least 4 members (excludes halogenated alkanes) is 1. The number of hydrogen-bond donors (Lipinski definition) is 5. The van der Waals surface area contributed by atoms with E-state index in [1.165, 1.54) is 11.1 Å². The highest BCUT2D eigenvalue weighted by Crippen LogP contribution is 2.30. The highest BCUT2D eigenvalue weighted by molar-refractivity contribution is 5.76. The van der Waals surface area contributed by atoms with E-state index in [2.05, 4.69) is 74.0 Å². The second-order valence-electron chi connectivity index (χ2n) is 14.2. The largest absolute Gasteiger partial charge is 0.370 e. The minimum Gasteiger partial charge on any atom is -0.370 e. The molecule has 0 radical (unpaired) electrons. The molecule has 0 spiro atoms. The molecule has 2 aromatic carbocycles. The first-order chi connectivity index (χ1) is 22.1. The van der Waals surface area contributed by atoms with E-state index in [0.717, 1.165) is 78.8 Å². The summed E-state index contributed by atoms with van der Waals surface area (Å²) < 4.78 is 14.7. The number of nitrogens with two attached hydrogens (primary N) is 3. The van der Waals surface area contributed by atoms with Gasteiger partial charge in [-0.25, -0.2) is 9.18 Å². The Morgan fingerprint density at radius 3 is 2.28 bits per heavy atom. The molecule has 10 heteroatoms. The quantitative estimate of drug-likeness (QED) is 0.0744. The van der Waals surface area contributed by atoms with Crippen LogP contribution in [-0.4, -0.2) is 40.1 Å². The number of aliphatic imine (C=N–C) groups is 1. The van der Waals surface area contributed by atoms with Gasteiger partial charge in [-0.3, -0.25) is 9.56 Å². The van der Waals surface area contributed by atoms with Crippen molar-refractivity contribution in [1.29, 1.82) is 0 Å². The van der Waals surface area contributed by atoms with Crippen LogP contribution in [0.2, 0.25) is 0 Å². The van der Waals surface area contributed by atoms with Gasteiger partial charge in [0.25, 0.3) is 0 Å². The van der Waals surface area contributed by atoms with Crippen molar-refractivity contribution in [2.75, 3.05) is 19.6 Å². The molecular formula is C37H55FN8O. The molecule has 0 amide bonds. The lowest BCUT2D eigenvalue weighted by atomic mass is 9.81. The smallest absolute Gasteiger partial charge is 0.354 e. The average Bonchev–Trinajstić information content (AvgIpc) is 3.43. The molecule has 0 fully saturated rings. The predicted molar refractivity (Wildman–Crippen MR) is 194 cm³/mol. The van der Waals surface area contributed by atoms with E-state index in [1.807, 2.05) is 43.5 Å². The van der Waals surface area contributed by atoms with Crippen LogP contribution in [0.5, 0.6) is 0 Å². The van der Waals surface area contributed by atoms with Gasteiger partial charge in [-0.15, -0.1) is 0 Å². The van der Waals surface area contributed by atoms with Crippen LogP contribution in [0.15, 0.2) is 58.4 Å². The van der Waals surface area contributed by atoms with Crippen LogP contribution in [0.4, 0.5) is 4.39 Å². The first-order valence-corrected chi connectivity index (χ1v) is 16.5. The second kappa shape index (κ2) is 16.7. The van der Waals surface area contributed by atoms with Crippen LogP contribution in [0.25, 0.3) is 16.7 Å². The Kier molecular flexibility index (Phi) is 13.3. The summed E-state index contributed by atoms with van der Waals surface area (Å²) in [5, 5.41) is 4.27. The minimum atomic E-state index is -0.375. The third-order valence-electron chi connectivity index (χ3n) is 8.11. The predicted octanol–water partition coefficient (Wildman–Crippen LogP) is 5.81. The number of aryl methyl sites for hydroxylation is 1. The van der Waals surface area contributed by atoms with Crippen molar-refractivity contribution in [1.82, 2.24) is 19.9 Å². The van der Waals surface area contributed by atoms with Crippen LogP contribution >= 0.6 is 0 Å². The molecule has 0 bridgehead atoms. The highest BCUT2D eigenvalue weighted by Gasteiger charge is 2.19. The maximum absolute atomic E-state index is 13.1. The first kappa shape index (κ1) is 37.4. The summed E-state index contributed by atoms with van der Waals surface area (Å²) in [7, 11) is 0. The molecule has 9 nitrogen and oxygen atoms in total. The summed E-state index contributed by atoms with van der Waals surface area (Å²) >= 11 is 0. The van der Waals surface area contributed by atoms with Crippen molar-refractivity contribution >= 4 is 17.0 Å². The molecule has 47 heavy (non-hydrogen) atoms. The van der Waals surface area contributed by atoms with Gasteiger partial charge in [0.15, 0.2) is 5.96 Å². The van der Waals surface area contributed by atoms with Gasteiger partial charge in [0.05, 0.1) is 5.69 Å². The number of nitrogens with one attached hydrogen (secondary N) is 2. The fourth-order valence-electron chi connectivity index (χ4n) is 5.38. The maximum Gasteiger partial charge on any atom is 0.354 e. The fourth-order valence-corrected chi connectivity index (χ4v) is 5.38. The van der Waals surface area contributed by atoms with Gasteiger partial charge in [0.1, 0.15) is 12.3 Å². The summed E-state index contributed by atoms with van der Waals surface area (Å²) in [4.78, 5) is 23.9. The molecule has 0 aliphatic heterocycles. The van der Waals surface area contributed by atoms with Gasteiger partial charge in [-0.1, -0.05) is 65.8 Å². The van der Waals surface area contributed by atoms with Crippen LogP contribution < -0.4 is 28.2 Å². The lowest BCUT2D eigenvalue weighted by molar-refractivity contribution is 0.480. The number of hydrogen-bond acceptors (Lipinski definition) is 5. The monoisotopic (exact) mass is 646 g/mol. The molecule has 2 heterocycles. The summed E-state index contributed by atoms with van der Waals surface area (Å²) in [6.45, 7) is 17.5. The molecule has 0 saturated carbocycles. The number of H-pyrrole nitrogens is 1. The fraction of sp³-hybridized carbons (Fsp3) is 0.486. The number of fused-ring (bicyclic) bond motifs is 1. The number of guanidine groups is 1. The number of benzene rings is 2. The number of halogens is 1. The van der Waals surface area contributed by atoms with E-state index in [4.69, 9.17) is 17.2 Å². The van der Waals surface area contributed by atoms with Crippen LogP contribution in [0.1, 0.15) is 94.3 Å². The van der Waals surface area contributed by atoms with Gasteiger partial charge in [-0.2, -0.15) is 4.98 Å². The van der Waals surface area contributed by atoms with Gasteiger partial charge in [0.2, 0.25) is 0 Å². The summed E-state index contributed by atoms with van der Waals surface area (Å²) in [6, 6.07) is 14.2. The normalized spacial score (nSPS) is 11.8. The molecule has 8 N–H and O–H groups in total. The van der Waals surface area contributed by atoms with E-state index >= 15 is 0 Å². The second-order valence-corrected chi connectivity index (χ2v) is 14.2. The van der Waals surface area contributed by atoms with Gasteiger partial charge < -0.3 is 27.5 Å². The van der Waals surface area contributed by atoms with Crippen LogP contribution in [0.3, 0.4) is 0 Å². The molecule has 2 aromatic heterocycles. The molecular weight excluding hydrogens is 591 g/mol. The van der Waals surface area contributed by atoms with Crippen molar-refractivity contribution in [3.05, 3.63) is 92.7 Å². The van der Waals surface area contributed by atoms with Crippen molar-refractivity contribution in [3.8, 4) is 5.69 Å². The van der Waals surface area contributed by atoms with Crippen LogP contribution in [-0.2, 0) is 30.5 Å². The van der Waals surface area contributed by atoms with Crippen molar-refractivity contribution < 1.29 is 4.39 Å². The zero-order chi connectivity index (χ0) is 34.8.